The van der Waals surface area contributed by atoms with Crippen LogP contribution < -0.4 is 0 Å². The van der Waals surface area contributed by atoms with Gasteiger partial charge in [-0.15, -0.1) is 11.8 Å². The molecule has 1 aromatic rings. The topological polar surface area (TPSA) is 40.5 Å². The van der Waals surface area contributed by atoms with Gasteiger partial charge in [0, 0.05) is 10.8 Å². The van der Waals surface area contributed by atoms with E-state index in [4.69, 9.17) is 0 Å². The van der Waals surface area contributed by atoms with Gasteiger partial charge in [0.15, 0.2) is 6.29 Å². The minimum atomic E-state index is -1.37. The van der Waals surface area contributed by atoms with E-state index in [1.807, 2.05) is 18.2 Å². The van der Waals surface area contributed by atoms with E-state index < -0.39 is 6.29 Å². The number of allylic oxidation sites excluding steroid dienone is 1. The van der Waals surface area contributed by atoms with Crippen molar-refractivity contribution in [3.8, 4) is 0 Å². The smallest absolute Gasteiger partial charge is 0.178 e. The number of aliphatic hydroxyl groups is 2. The van der Waals surface area contributed by atoms with Crippen LogP contribution in [0.15, 0.2) is 35.7 Å². The average Bonchev–Trinajstić information content (AvgIpc) is 2.70. The molecule has 1 aromatic carbocycles. The fourth-order valence-corrected chi connectivity index (χ4v) is 2.62. The van der Waals surface area contributed by atoms with E-state index in [9.17, 15) is 10.2 Å². The Morgan fingerprint density at radius 1 is 1.29 bits per heavy atom. The Hall–Kier alpha value is -0.770. The molecule has 0 bridgehead atoms. The standard InChI is InChI=1S/C11H12O2S/c12-11(13)9-5-2-1-4-8(9)10-6-3-7-14-10/h1-5,7,10-13H,6H2. The third kappa shape index (κ3) is 1.85. The summed E-state index contributed by atoms with van der Waals surface area (Å²) in [6, 6.07) is 7.48. The van der Waals surface area contributed by atoms with E-state index in [2.05, 4.69) is 11.5 Å². The van der Waals surface area contributed by atoms with Gasteiger partial charge < -0.3 is 10.2 Å². The molecule has 1 heterocycles. The second-order valence-corrected chi connectivity index (χ2v) is 4.35. The van der Waals surface area contributed by atoms with Gasteiger partial charge in [-0.1, -0.05) is 30.3 Å². The summed E-state index contributed by atoms with van der Waals surface area (Å²) in [6.45, 7) is 0. The first-order valence-corrected chi connectivity index (χ1v) is 5.49. The molecule has 0 aliphatic carbocycles. The van der Waals surface area contributed by atoms with E-state index in [-0.39, 0.29) is 0 Å². The van der Waals surface area contributed by atoms with Gasteiger partial charge in [-0.2, -0.15) is 0 Å². The molecule has 74 valence electrons. The van der Waals surface area contributed by atoms with Crippen molar-refractivity contribution in [2.75, 3.05) is 0 Å². The molecule has 1 atom stereocenters. The zero-order chi connectivity index (χ0) is 9.97. The van der Waals surface area contributed by atoms with E-state index in [1.54, 1.807) is 17.8 Å². The summed E-state index contributed by atoms with van der Waals surface area (Å²) >= 11 is 1.72. The Balaban J connectivity index is 2.31. The maximum Gasteiger partial charge on any atom is 0.178 e. The summed E-state index contributed by atoms with van der Waals surface area (Å²) in [7, 11) is 0. The highest BCUT2D eigenvalue weighted by Gasteiger charge is 2.18. The molecular weight excluding hydrogens is 196 g/mol. The number of aliphatic hydroxyl groups excluding tert-OH is 1. The second kappa shape index (κ2) is 4.17. The Kier molecular flexibility index (Phi) is 2.91. The van der Waals surface area contributed by atoms with Crippen LogP contribution >= 0.6 is 11.8 Å². The summed E-state index contributed by atoms with van der Waals surface area (Å²) in [5.41, 5.74) is 1.64. The van der Waals surface area contributed by atoms with Gasteiger partial charge in [0.25, 0.3) is 0 Å². The van der Waals surface area contributed by atoms with Crippen LogP contribution in [0.1, 0.15) is 29.1 Å². The van der Waals surface area contributed by atoms with Crippen LogP contribution in [0.4, 0.5) is 0 Å². The zero-order valence-corrected chi connectivity index (χ0v) is 8.45. The first-order chi connectivity index (χ1) is 6.79. The molecule has 0 saturated carbocycles. The number of hydrogen-bond donors (Lipinski definition) is 2. The highest BCUT2D eigenvalue weighted by molar-refractivity contribution is 8.02. The Morgan fingerprint density at radius 3 is 2.71 bits per heavy atom. The maximum atomic E-state index is 9.19. The average molecular weight is 208 g/mol. The van der Waals surface area contributed by atoms with Crippen LogP contribution in [0, 0.1) is 0 Å². The van der Waals surface area contributed by atoms with Crippen molar-refractivity contribution in [1.82, 2.24) is 0 Å². The van der Waals surface area contributed by atoms with Crippen molar-refractivity contribution in [3.05, 3.63) is 46.9 Å². The first kappa shape index (κ1) is 9.77. The van der Waals surface area contributed by atoms with Gasteiger partial charge in [-0.3, -0.25) is 0 Å². The molecule has 2 rings (SSSR count). The van der Waals surface area contributed by atoms with Crippen molar-refractivity contribution >= 4 is 11.8 Å². The van der Waals surface area contributed by atoms with Crippen LogP contribution in [0.2, 0.25) is 0 Å². The van der Waals surface area contributed by atoms with Crippen molar-refractivity contribution < 1.29 is 10.2 Å². The number of thioether (sulfide) groups is 1. The molecule has 0 amide bonds. The minimum Gasteiger partial charge on any atom is -0.364 e. The molecule has 3 heteroatoms. The molecular formula is C11H12O2S. The summed E-state index contributed by atoms with van der Waals surface area (Å²) < 4.78 is 0. The molecule has 14 heavy (non-hydrogen) atoms. The number of hydrogen-bond acceptors (Lipinski definition) is 3. The first-order valence-electron chi connectivity index (χ1n) is 4.54. The molecule has 1 aliphatic rings. The van der Waals surface area contributed by atoms with E-state index in [0.29, 0.717) is 10.8 Å². The van der Waals surface area contributed by atoms with E-state index >= 15 is 0 Å². The van der Waals surface area contributed by atoms with Crippen molar-refractivity contribution in [2.45, 2.75) is 18.0 Å². The molecule has 1 unspecified atom stereocenters. The van der Waals surface area contributed by atoms with Gasteiger partial charge >= 0.3 is 0 Å². The van der Waals surface area contributed by atoms with Crippen molar-refractivity contribution in [2.24, 2.45) is 0 Å². The number of benzene rings is 1. The molecule has 0 radical (unpaired) electrons. The van der Waals surface area contributed by atoms with Gasteiger partial charge in [0.1, 0.15) is 0 Å². The lowest BCUT2D eigenvalue weighted by atomic mass is 10.0. The lowest BCUT2D eigenvalue weighted by Crippen LogP contribution is -2.02. The Bertz CT molecular complexity index is 339. The molecule has 0 spiro atoms. The van der Waals surface area contributed by atoms with Crippen LogP contribution in [0.5, 0.6) is 0 Å². The Labute approximate surface area is 87.3 Å². The van der Waals surface area contributed by atoms with Gasteiger partial charge in [-0.25, -0.2) is 0 Å². The van der Waals surface area contributed by atoms with Gasteiger partial charge in [0.05, 0.1) is 0 Å². The predicted octanol–water partition coefficient (Wildman–Crippen LogP) is 2.36. The largest absolute Gasteiger partial charge is 0.364 e. The second-order valence-electron chi connectivity index (χ2n) is 3.23. The number of rotatable bonds is 2. The minimum absolute atomic E-state index is 0.341. The van der Waals surface area contributed by atoms with Crippen molar-refractivity contribution in [1.29, 1.82) is 0 Å². The van der Waals surface area contributed by atoms with E-state index in [1.165, 1.54) is 0 Å². The fraction of sp³-hybridized carbons (Fsp3) is 0.273. The van der Waals surface area contributed by atoms with Crippen LogP contribution in [-0.2, 0) is 0 Å². The SMILES string of the molecule is OC(O)c1ccccc1C1CC=CS1. The third-order valence-electron chi connectivity index (χ3n) is 2.31. The highest BCUT2D eigenvalue weighted by atomic mass is 32.2. The molecule has 0 fully saturated rings. The van der Waals surface area contributed by atoms with Gasteiger partial charge in [0.2, 0.25) is 0 Å². The molecule has 1 aliphatic heterocycles. The normalized spacial score (nSPS) is 20.6. The summed E-state index contributed by atoms with van der Waals surface area (Å²) in [5.74, 6) is 0. The quantitative estimate of drug-likeness (QED) is 0.733. The van der Waals surface area contributed by atoms with Crippen LogP contribution in [-0.4, -0.2) is 10.2 Å². The maximum absolute atomic E-state index is 9.19. The molecule has 2 nitrogen and oxygen atoms in total. The lowest BCUT2D eigenvalue weighted by molar-refractivity contribution is -0.0431. The van der Waals surface area contributed by atoms with Gasteiger partial charge in [-0.05, 0) is 17.4 Å². The summed E-state index contributed by atoms with van der Waals surface area (Å²) in [4.78, 5) is 0. The predicted molar refractivity (Wildman–Crippen MR) is 57.7 cm³/mol. The third-order valence-corrected chi connectivity index (χ3v) is 3.43. The zero-order valence-electron chi connectivity index (χ0n) is 7.63. The summed E-state index contributed by atoms with van der Waals surface area (Å²) in [5, 5.41) is 20.8. The molecule has 2 N–H and O–H groups in total. The molecule has 0 aromatic heterocycles. The lowest BCUT2D eigenvalue weighted by Gasteiger charge is -2.15. The van der Waals surface area contributed by atoms with Crippen LogP contribution in [0.3, 0.4) is 0 Å². The molecule has 0 saturated heterocycles. The van der Waals surface area contributed by atoms with Crippen LogP contribution in [0.25, 0.3) is 0 Å². The highest BCUT2D eigenvalue weighted by Crippen LogP contribution is 2.40. The van der Waals surface area contributed by atoms with E-state index in [0.717, 1.165) is 12.0 Å². The van der Waals surface area contributed by atoms with Crippen molar-refractivity contribution in [3.63, 3.8) is 0 Å². The fourth-order valence-electron chi connectivity index (χ4n) is 1.62. The summed E-state index contributed by atoms with van der Waals surface area (Å²) in [6.07, 6.45) is 1.71. The monoisotopic (exact) mass is 208 g/mol. The Morgan fingerprint density at radius 2 is 2.07 bits per heavy atom.